The Morgan fingerprint density at radius 1 is 1.37 bits per heavy atom. The second-order valence-electron chi connectivity index (χ2n) is 3.82. The van der Waals surface area contributed by atoms with Gasteiger partial charge in [0.1, 0.15) is 0 Å². The maximum Gasteiger partial charge on any atom is 0.337 e. The van der Waals surface area contributed by atoms with Gasteiger partial charge in [-0.05, 0) is 46.3 Å². The minimum absolute atomic E-state index is 0.174. The highest BCUT2D eigenvalue weighted by Crippen LogP contribution is 2.26. The van der Waals surface area contributed by atoms with Gasteiger partial charge in [0, 0.05) is 15.7 Å². The molecular weight excluding hydrogens is 332 g/mol. The van der Waals surface area contributed by atoms with Crippen LogP contribution in [0, 0.1) is 0 Å². The fraction of sp³-hybridized carbons (Fsp3) is 0.0769. The third-order valence-corrected chi connectivity index (χ3v) is 3.39. The van der Waals surface area contributed by atoms with Crippen molar-refractivity contribution in [2.24, 2.45) is 0 Å². The number of halogens is 2. The number of nitrogens with one attached hydrogen (secondary N) is 1. The summed E-state index contributed by atoms with van der Waals surface area (Å²) in [6.45, 7) is 0.485. The first kappa shape index (κ1) is 13.8. The van der Waals surface area contributed by atoms with Crippen LogP contribution in [-0.2, 0) is 6.54 Å². The molecule has 0 aliphatic carbocycles. The lowest BCUT2D eigenvalue weighted by molar-refractivity contribution is 0.0696. The smallest absolute Gasteiger partial charge is 0.337 e. The third kappa shape index (κ3) is 3.68. The van der Waals surface area contributed by atoms with Crippen molar-refractivity contribution in [3.05, 3.63) is 57.3 Å². The highest BCUT2D eigenvalue weighted by Gasteiger charge is 2.04. The molecule has 0 radical (unpaired) electrons. The van der Waals surface area contributed by atoms with Crippen LogP contribution < -0.4 is 5.32 Å². The van der Waals surface area contributed by atoms with Crippen molar-refractivity contribution in [2.45, 2.75) is 6.54 Å². The molecule has 0 saturated heterocycles. The molecule has 0 atom stereocenters. The zero-order chi connectivity index (χ0) is 13.8. The van der Waals surface area contributed by atoms with Crippen LogP contribution in [0.5, 0.6) is 0 Å². The Bertz CT molecular complexity index is 602. The van der Waals surface area contributed by atoms with Gasteiger partial charge in [0.2, 0.25) is 0 Å². The number of carboxylic acid groups (broad SMARTS) is 1. The molecule has 0 unspecified atom stereocenters. The average molecular weight is 342 g/mol. The molecule has 1 heterocycles. The third-order valence-electron chi connectivity index (χ3n) is 2.46. The van der Waals surface area contributed by atoms with Crippen LogP contribution in [0.4, 0.5) is 5.69 Å². The first-order valence-electron chi connectivity index (χ1n) is 5.43. The Hall–Kier alpha value is -1.59. The minimum Gasteiger partial charge on any atom is -0.478 e. The maximum absolute atomic E-state index is 10.7. The summed E-state index contributed by atoms with van der Waals surface area (Å²) in [4.78, 5) is 14.8. The number of aromatic carboxylic acids is 1. The normalized spacial score (nSPS) is 10.2. The Morgan fingerprint density at radius 2 is 2.16 bits per heavy atom. The van der Waals surface area contributed by atoms with Gasteiger partial charge in [-0.15, -0.1) is 0 Å². The number of hydrogen-bond acceptors (Lipinski definition) is 3. The number of aromatic nitrogens is 1. The van der Waals surface area contributed by atoms with Crippen LogP contribution in [0.1, 0.15) is 16.1 Å². The van der Waals surface area contributed by atoms with Gasteiger partial charge in [-0.25, -0.2) is 4.79 Å². The largest absolute Gasteiger partial charge is 0.478 e. The molecule has 6 heteroatoms. The van der Waals surface area contributed by atoms with Crippen molar-refractivity contribution in [3.63, 3.8) is 0 Å². The molecule has 2 rings (SSSR count). The summed E-state index contributed by atoms with van der Waals surface area (Å²) in [6, 6.07) is 8.65. The van der Waals surface area contributed by atoms with Crippen molar-refractivity contribution >= 4 is 39.2 Å². The second kappa shape index (κ2) is 6.04. The van der Waals surface area contributed by atoms with Crippen molar-refractivity contribution in [2.75, 3.05) is 5.32 Å². The zero-order valence-corrected chi connectivity index (χ0v) is 12.1. The van der Waals surface area contributed by atoms with E-state index >= 15 is 0 Å². The van der Waals surface area contributed by atoms with E-state index in [-0.39, 0.29) is 5.56 Å². The number of carboxylic acids is 1. The summed E-state index contributed by atoms with van der Waals surface area (Å²) in [6.07, 6.45) is 1.34. The first-order chi connectivity index (χ1) is 9.06. The van der Waals surface area contributed by atoms with E-state index in [2.05, 4.69) is 26.2 Å². The lowest BCUT2D eigenvalue weighted by Crippen LogP contribution is -2.04. The lowest BCUT2D eigenvalue weighted by Gasteiger charge is -2.08. The number of hydrogen-bond donors (Lipinski definition) is 2. The maximum atomic E-state index is 10.7. The molecule has 0 amide bonds. The summed E-state index contributed by atoms with van der Waals surface area (Å²) in [5.41, 5.74) is 1.78. The Kier molecular flexibility index (Phi) is 4.39. The van der Waals surface area contributed by atoms with E-state index < -0.39 is 5.97 Å². The van der Waals surface area contributed by atoms with E-state index in [1.165, 1.54) is 12.3 Å². The molecule has 19 heavy (non-hydrogen) atoms. The fourth-order valence-electron chi connectivity index (χ4n) is 1.47. The molecule has 0 spiro atoms. The van der Waals surface area contributed by atoms with E-state index in [1.54, 1.807) is 18.2 Å². The summed E-state index contributed by atoms with van der Waals surface area (Å²) < 4.78 is 0.902. The number of anilines is 1. The van der Waals surface area contributed by atoms with E-state index in [1.807, 2.05) is 6.07 Å². The number of rotatable bonds is 4. The topological polar surface area (TPSA) is 62.2 Å². The van der Waals surface area contributed by atoms with Gasteiger partial charge >= 0.3 is 5.97 Å². The lowest BCUT2D eigenvalue weighted by atomic mass is 10.2. The second-order valence-corrected chi connectivity index (χ2v) is 5.11. The predicted molar refractivity (Wildman–Crippen MR) is 77.7 cm³/mol. The van der Waals surface area contributed by atoms with E-state index in [0.717, 1.165) is 15.9 Å². The van der Waals surface area contributed by atoms with Gasteiger partial charge in [0.05, 0.1) is 23.5 Å². The molecule has 4 nitrogen and oxygen atoms in total. The molecule has 0 saturated carbocycles. The van der Waals surface area contributed by atoms with Crippen molar-refractivity contribution in [1.82, 2.24) is 4.98 Å². The van der Waals surface area contributed by atoms with Crippen molar-refractivity contribution < 1.29 is 9.90 Å². The van der Waals surface area contributed by atoms with Gasteiger partial charge in [-0.3, -0.25) is 4.98 Å². The summed E-state index contributed by atoms with van der Waals surface area (Å²) in [7, 11) is 0. The number of nitrogens with zero attached hydrogens (tertiary/aromatic N) is 1. The van der Waals surface area contributed by atoms with Gasteiger partial charge < -0.3 is 10.4 Å². The molecular formula is C13H10BrClN2O2. The Labute approximate surface area is 123 Å². The first-order valence-corrected chi connectivity index (χ1v) is 6.60. The SMILES string of the molecule is O=C(O)c1ccc(CNc2cc(Cl)ccc2Br)nc1. The van der Waals surface area contributed by atoms with Crippen LogP contribution in [0.3, 0.4) is 0 Å². The van der Waals surface area contributed by atoms with E-state index in [4.69, 9.17) is 16.7 Å². The molecule has 0 bridgehead atoms. The highest BCUT2D eigenvalue weighted by molar-refractivity contribution is 9.10. The Balaban J connectivity index is 2.06. The van der Waals surface area contributed by atoms with Gasteiger partial charge in [0.15, 0.2) is 0 Å². The monoisotopic (exact) mass is 340 g/mol. The summed E-state index contributed by atoms with van der Waals surface area (Å²) in [5.74, 6) is -0.982. The standard InChI is InChI=1S/C13H10BrClN2O2/c14-11-4-2-9(15)5-12(11)17-7-10-3-1-8(6-16-10)13(18)19/h1-6,17H,7H2,(H,18,19). The van der Waals surface area contributed by atoms with Crippen LogP contribution in [0.25, 0.3) is 0 Å². The zero-order valence-electron chi connectivity index (χ0n) is 9.73. The van der Waals surface area contributed by atoms with E-state index in [0.29, 0.717) is 11.6 Å². The molecule has 0 fully saturated rings. The van der Waals surface area contributed by atoms with Crippen LogP contribution in [0.15, 0.2) is 41.0 Å². The number of benzene rings is 1. The number of carbonyl (C=O) groups is 1. The van der Waals surface area contributed by atoms with Crippen molar-refractivity contribution in [3.8, 4) is 0 Å². The molecule has 0 aliphatic heterocycles. The quantitative estimate of drug-likeness (QED) is 0.888. The van der Waals surface area contributed by atoms with Gasteiger partial charge in [0.25, 0.3) is 0 Å². The molecule has 1 aromatic heterocycles. The average Bonchev–Trinajstić information content (AvgIpc) is 2.40. The van der Waals surface area contributed by atoms with Crippen LogP contribution >= 0.6 is 27.5 Å². The Morgan fingerprint density at radius 3 is 2.79 bits per heavy atom. The molecule has 1 aromatic carbocycles. The molecule has 0 aliphatic rings. The molecule has 2 N–H and O–H groups in total. The highest BCUT2D eigenvalue weighted by atomic mass is 79.9. The van der Waals surface area contributed by atoms with Crippen molar-refractivity contribution in [1.29, 1.82) is 0 Å². The number of pyridine rings is 1. The predicted octanol–water partition coefficient (Wildman–Crippen LogP) is 3.81. The minimum atomic E-state index is -0.982. The van der Waals surface area contributed by atoms with Crippen LogP contribution in [0.2, 0.25) is 5.02 Å². The fourth-order valence-corrected chi connectivity index (χ4v) is 2.03. The van der Waals surface area contributed by atoms with Gasteiger partial charge in [-0.1, -0.05) is 11.6 Å². The summed E-state index contributed by atoms with van der Waals surface area (Å²) in [5, 5.41) is 12.6. The van der Waals surface area contributed by atoms with Crippen LogP contribution in [-0.4, -0.2) is 16.1 Å². The van der Waals surface area contributed by atoms with Gasteiger partial charge in [-0.2, -0.15) is 0 Å². The molecule has 98 valence electrons. The molecule has 2 aromatic rings. The van der Waals surface area contributed by atoms with E-state index in [9.17, 15) is 4.79 Å². The summed E-state index contributed by atoms with van der Waals surface area (Å²) >= 11 is 9.33.